The van der Waals surface area contributed by atoms with Crippen molar-refractivity contribution in [1.29, 1.82) is 0 Å². The Labute approximate surface area is 199 Å². The Balaban J connectivity index is 1.30. The van der Waals surface area contributed by atoms with Gasteiger partial charge in [-0.15, -0.1) is 10.2 Å². The van der Waals surface area contributed by atoms with Crippen LogP contribution in [0.3, 0.4) is 0 Å². The summed E-state index contributed by atoms with van der Waals surface area (Å²) >= 11 is 1.40. The zero-order valence-electron chi connectivity index (χ0n) is 18.3. The molecule has 1 N–H and O–H groups in total. The number of ether oxygens (including phenoxy) is 2. The molecule has 34 heavy (non-hydrogen) atoms. The monoisotopic (exact) mass is 476 g/mol. The van der Waals surface area contributed by atoms with Gasteiger partial charge in [0.05, 0.1) is 5.69 Å². The van der Waals surface area contributed by atoms with Crippen LogP contribution in [0.4, 0.5) is 4.39 Å². The molecule has 5 rings (SSSR count). The van der Waals surface area contributed by atoms with Gasteiger partial charge >= 0.3 is 0 Å². The number of hydrogen-bond acceptors (Lipinski definition) is 6. The number of nitrogens with one attached hydrogen (secondary N) is 1. The number of carbonyl (C=O) groups excluding carboxylic acids is 1. The van der Waals surface area contributed by atoms with Crippen LogP contribution in [0.15, 0.2) is 71.9 Å². The number of aromatic nitrogens is 3. The summed E-state index contributed by atoms with van der Waals surface area (Å²) < 4.78 is 26.8. The van der Waals surface area contributed by atoms with Crippen molar-refractivity contribution in [3.05, 3.63) is 95.1 Å². The predicted molar refractivity (Wildman–Crippen MR) is 126 cm³/mol. The number of halogens is 1. The number of para-hydroxylation sites is 1. The molecule has 0 radical (unpaired) electrons. The average molecular weight is 477 g/mol. The van der Waals surface area contributed by atoms with Crippen molar-refractivity contribution in [2.75, 3.05) is 6.79 Å². The third-order valence-electron chi connectivity index (χ3n) is 5.40. The molecular weight excluding hydrogens is 455 g/mol. The Kier molecular flexibility index (Phi) is 6.18. The Bertz CT molecular complexity index is 1360. The number of thioether (sulfide) groups is 1. The van der Waals surface area contributed by atoms with E-state index in [9.17, 15) is 9.18 Å². The van der Waals surface area contributed by atoms with Gasteiger partial charge in [0.1, 0.15) is 11.6 Å². The van der Waals surface area contributed by atoms with Gasteiger partial charge in [-0.1, -0.05) is 48.2 Å². The van der Waals surface area contributed by atoms with Crippen LogP contribution < -0.4 is 14.8 Å². The first-order valence-electron chi connectivity index (χ1n) is 10.6. The molecule has 0 spiro atoms. The number of carbonyl (C=O) groups is 1. The fraction of sp³-hybridized carbons (Fsp3) is 0.160. The third-order valence-corrected chi connectivity index (χ3v) is 6.38. The molecule has 3 aromatic carbocycles. The lowest BCUT2D eigenvalue weighted by Gasteiger charge is -2.12. The Morgan fingerprint density at radius 2 is 1.85 bits per heavy atom. The average Bonchev–Trinajstić information content (AvgIpc) is 3.47. The summed E-state index contributed by atoms with van der Waals surface area (Å²) in [7, 11) is 0. The van der Waals surface area contributed by atoms with E-state index < -0.39 is 0 Å². The van der Waals surface area contributed by atoms with E-state index in [0.29, 0.717) is 46.0 Å². The van der Waals surface area contributed by atoms with E-state index >= 15 is 0 Å². The maximum absolute atomic E-state index is 14.4. The van der Waals surface area contributed by atoms with Gasteiger partial charge in [0.15, 0.2) is 16.7 Å². The zero-order chi connectivity index (χ0) is 23.5. The third kappa shape index (κ3) is 4.47. The minimum absolute atomic E-state index is 0.180. The molecule has 9 heteroatoms. The molecule has 0 fully saturated rings. The zero-order valence-corrected chi connectivity index (χ0v) is 19.1. The van der Waals surface area contributed by atoms with Gasteiger partial charge < -0.3 is 14.8 Å². The van der Waals surface area contributed by atoms with Crippen molar-refractivity contribution in [3.8, 4) is 17.2 Å². The van der Waals surface area contributed by atoms with Gasteiger partial charge in [0.25, 0.3) is 5.91 Å². The smallest absolute Gasteiger partial charge is 0.251 e. The highest BCUT2D eigenvalue weighted by atomic mass is 32.2. The summed E-state index contributed by atoms with van der Waals surface area (Å²) in [6.45, 7) is 2.35. The Morgan fingerprint density at radius 3 is 2.74 bits per heavy atom. The first-order chi connectivity index (χ1) is 16.6. The minimum atomic E-state index is -0.351. The second kappa shape index (κ2) is 9.56. The topological polar surface area (TPSA) is 78.3 Å². The van der Waals surface area contributed by atoms with E-state index in [0.717, 1.165) is 11.1 Å². The van der Waals surface area contributed by atoms with Gasteiger partial charge in [-0.3, -0.25) is 9.36 Å². The summed E-state index contributed by atoms with van der Waals surface area (Å²) in [5, 5.41) is 11.9. The molecular formula is C25H21FN4O3S. The van der Waals surface area contributed by atoms with Gasteiger partial charge in [-0.05, 0) is 48.4 Å². The highest BCUT2D eigenvalue weighted by Crippen LogP contribution is 2.32. The summed E-state index contributed by atoms with van der Waals surface area (Å²) in [6.07, 6.45) is 0. The number of nitrogens with zero attached hydrogens (tertiary/aromatic N) is 3. The second-order valence-corrected chi connectivity index (χ2v) is 8.58. The highest BCUT2D eigenvalue weighted by Gasteiger charge is 2.17. The van der Waals surface area contributed by atoms with Gasteiger partial charge in [-0.25, -0.2) is 4.39 Å². The molecule has 0 aliphatic carbocycles. The SMILES string of the molecule is Cc1nnc(SCc2ccccc2C(=O)NCc2ccc3c(c2)OCO3)n1-c1ccccc1F. The van der Waals surface area contributed by atoms with E-state index in [1.54, 1.807) is 35.8 Å². The van der Waals surface area contributed by atoms with Crippen molar-refractivity contribution in [2.24, 2.45) is 0 Å². The number of amides is 1. The Hall–Kier alpha value is -3.85. The standard InChI is InChI=1S/C25H21FN4O3S/c1-16-28-29-25(30(16)21-9-5-4-8-20(21)26)34-14-18-6-2-3-7-19(18)24(31)27-13-17-10-11-22-23(12-17)33-15-32-22/h2-12H,13-15H2,1H3,(H,27,31). The summed E-state index contributed by atoms with van der Waals surface area (Å²) in [5.41, 5.74) is 2.72. The molecule has 1 amide bonds. The molecule has 4 aromatic rings. The van der Waals surface area contributed by atoms with Gasteiger partial charge in [0, 0.05) is 17.9 Å². The van der Waals surface area contributed by atoms with Crippen LogP contribution in [0.5, 0.6) is 11.5 Å². The van der Waals surface area contributed by atoms with Crippen LogP contribution >= 0.6 is 11.8 Å². The predicted octanol–water partition coefficient (Wildman–Crippen LogP) is 4.67. The van der Waals surface area contributed by atoms with E-state index in [-0.39, 0.29) is 18.5 Å². The molecule has 1 aromatic heterocycles. The molecule has 2 heterocycles. The fourth-order valence-electron chi connectivity index (χ4n) is 3.69. The highest BCUT2D eigenvalue weighted by molar-refractivity contribution is 7.98. The van der Waals surface area contributed by atoms with Crippen LogP contribution in [0.2, 0.25) is 0 Å². The van der Waals surface area contributed by atoms with E-state index in [4.69, 9.17) is 9.47 Å². The lowest BCUT2D eigenvalue weighted by molar-refractivity contribution is 0.0950. The minimum Gasteiger partial charge on any atom is -0.454 e. The molecule has 7 nitrogen and oxygen atoms in total. The largest absolute Gasteiger partial charge is 0.454 e. The molecule has 1 aliphatic rings. The molecule has 1 aliphatic heterocycles. The van der Waals surface area contributed by atoms with Crippen LogP contribution in [0.1, 0.15) is 27.3 Å². The van der Waals surface area contributed by atoms with Crippen molar-refractivity contribution < 1.29 is 18.7 Å². The first-order valence-corrected chi connectivity index (χ1v) is 11.6. The second-order valence-electron chi connectivity index (χ2n) is 7.63. The van der Waals surface area contributed by atoms with Crippen LogP contribution in [-0.2, 0) is 12.3 Å². The summed E-state index contributed by atoms with van der Waals surface area (Å²) in [6, 6.07) is 19.5. The molecule has 0 atom stereocenters. The summed E-state index contributed by atoms with van der Waals surface area (Å²) in [4.78, 5) is 13.0. The number of benzene rings is 3. The van der Waals surface area contributed by atoms with Crippen LogP contribution in [-0.4, -0.2) is 27.5 Å². The number of hydrogen-bond donors (Lipinski definition) is 1. The van der Waals surface area contributed by atoms with Gasteiger partial charge in [-0.2, -0.15) is 0 Å². The Morgan fingerprint density at radius 1 is 1.06 bits per heavy atom. The number of rotatable bonds is 7. The lowest BCUT2D eigenvalue weighted by Crippen LogP contribution is -2.23. The molecule has 172 valence electrons. The van der Waals surface area contributed by atoms with Crippen molar-refractivity contribution in [3.63, 3.8) is 0 Å². The van der Waals surface area contributed by atoms with Crippen LogP contribution in [0, 0.1) is 12.7 Å². The number of fused-ring (bicyclic) bond motifs is 1. The van der Waals surface area contributed by atoms with Crippen molar-refractivity contribution in [2.45, 2.75) is 24.4 Å². The molecule has 0 saturated carbocycles. The van der Waals surface area contributed by atoms with Crippen molar-refractivity contribution in [1.82, 2.24) is 20.1 Å². The molecule has 0 saturated heterocycles. The van der Waals surface area contributed by atoms with E-state index in [2.05, 4.69) is 15.5 Å². The normalized spacial score (nSPS) is 12.1. The van der Waals surface area contributed by atoms with E-state index in [1.165, 1.54) is 17.8 Å². The van der Waals surface area contributed by atoms with Crippen molar-refractivity contribution >= 4 is 17.7 Å². The quantitative estimate of drug-likeness (QED) is 0.391. The summed E-state index contributed by atoms with van der Waals surface area (Å²) in [5.74, 6) is 1.91. The van der Waals surface area contributed by atoms with Gasteiger partial charge in [0.2, 0.25) is 6.79 Å². The molecule has 0 bridgehead atoms. The maximum atomic E-state index is 14.4. The maximum Gasteiger partial charge on any atom is 0.251 e. The fourth-order valence-corrected chi connectivity index (χ4v) is 4.68. The first kappa shape index (κ1) is 22.0. The number of aryl methyl sites for hydroxylation is 1. The van der Waals surface area contributed by atoms with Crippen LogP contribution in [0.25, 0.3) is 5.69 Å². The molecule has 0 unspecified atom stereocenters. The van der Waals surface area contributed by atoms with E-state index in [1.807, 2.05) is 36.4 Å². The lowest BCUT2D eigenvalue weighted by atomic mass is 10.1.